The van der Waals surface area contributed by atoms with Gasteiger partial charge in [-0.05, 0) is 37.1 Å². The van der Waals surface area contributed by atoms with Crippen LogP contribution >= 0.6 is 0 Å². The molecule has 1 unspecified atom stereocenters. The monoisotopic (exact) mass is 416 g/mol. The van der Waals surface area contributed by atoms with Crippen LogP contribution < -0.4 is 0 Å². The quantitative estimate of drug-likeness (QED) is 0.676. The predicted octanol–water partition coefficient (Wildman–Crippen LogP) is 2.46. The average Bonchev–Trinajstić information content (AvgIpc) is 3.28. The molecule has 3 rings (SSSR count). The number of sulfonamides is 1. The molecule has 29 heavy (non-hydrogen) atoms. The minimum Gasteiger partial charge on any atom is -0.444 e. The summed E-state index contributed by atoms with van der Waals surface area (Å²) in [4.78, 5) is 26.6. The fraction of sp³-hybridized carbons (Fsp3) is 0.333. The number of benzene rings is 2. The van der Waals surface area contributed by atoms with Crippen molar-refractivity contribution in [3.8, 4) is 0 Å². The van der Waals surface area contributed by atoms with Crippen molar-refractivity contribution in [3.63, 3.8) is 0 Å². The number of hydrogen-bond donors (Lipinski definition) is 0. The lowest BCUT2D eigenvalue weighted by Gasteiger charge is -2.21. The Bertz CT molecular complexity index is 966. The van der Waals surface area contributed by atoms with E-state index in [1.165, 1.54) is 33.5 Å². The summed E-state index contributed by atoms with van der Waals surface area (Å²) in [5.41, 5.74) is 0.741. The highest BCUT2D eigenvalue weighted by Gasteiger charge is 2.29. The molecule has 1 saturated heterocycles. The van der Waals surface area contributed by atoms with Gasteiger partial charge in [0.05, 0.1) is 10.5 Å². The van der Waals surface area contributed by atoms with E-state index in [-0.39, 0.29) is 16.4 Å². The van der Waals surface area contributed by atoms with Gasteiger partial charge in [0.1, 0.15) is 0 Å². The summed E-state index contributed by atoms with van der Waals surface area (Å²) < 4.78 is 32.1. The van der Waals surface area contributed by atoms with Gasteiger partial charge in [-0.2, -0.15) is 4.31 Å². The van der Waals surface area contributed by atoms with Gasteiger partial charge in [-0.1, -0.05) is 30.3 Å². The third-order valence-electron chi connectivity index (χ3n) is 4.79. The van der Waals surface area contributed by atoms with Gasteiger partial charge < -0.3 is 9.64 Å². The number of hydrogen-bond acceptors (Lipinski definition) is 5. The number of esters is 1. The molecule has 1 aliphatic rings. The van der Waals surface area contributed by atoms with Crippen molar-refractivity contribution >= 4 is 21.9 Å². The van der Waals surface area contributed by atoms with Crippen LogP contribution in [0.2, 0.25) is 0 Å². The third kappa shape index (κ3) is 4.65. The molecule has 2 aromatic carbocycles. The van der Waals surface area contributed by atoms with Crippen molar-refractivity contribution in [3.05, 3.63) is 65.7 Å². The lowest BCUT2D eigenvalue weighted by molar-refractivity contribution is -0.138. The number of nitrogens with zero attached hydrogens (tertiary/aromatic N) is 2. The number of likely N-dealkylation sites (N-methyl/N-ethyl adjacent to an activating group) is 1. The van der Waals surface area contributed by atoms with Crippen LogP contribution in [0.5, 0.6) is 0 Å². The van der Waals surface area contributed by atoms with Gasteiger partial charge >= 0.3 is 5.97 Å². The second-order valence-corrected chi connectivity index (χ2v) is 9.00. The van der Waals surface area contributed by atoms with Crippen LogP contribution in [0.15, 0.2) is 59.5 Å². The molecule has 1 amide bonds. The van der Waals surface area contributed by atoms with Crippen molar-refractivity contribution in [1.29, 1.82) is 0 Å². The molecule has 7 nitrogen and oxygen atoms in total. The fourth-order valence-electron chi connectivity index (χ4n) is 3.14. The summed E-state index contributed by atoms with van der Waals surface area (Å²) in [6.45, 7) is 1.02. The maximum absolute atomic E-state index is 12.6. The van der Waals surface area contributed by atoms with Crippen molar-refractivity contribution in [1.82, 2.24) is 9.21 Å². The standard InChI is InChI=1S/C21H24N2O5S/c1-22(2)20(24)19(16-8-4-3-5-9-16)28-21(25)17-10-12-18(13-11-17)29(26,27)23-14-6-7-15-23/h3-5,8-13,19H,6-7,14-15H2,1-2H3. The minimum atomic E-state index is -3.55. The Morgan fingerprint density at radius 3 is 2.10 bits per heavy atom. The van der Waals surface area contributed by atoms with Crippen molar-refractivity contribution in [2.75, 3.05) is 27.2 Å². The van der Waals surface area contributed by atoms with Gasteiger partial charge in [0.2, 0.25) is 16.1 Å². The molecule has 1 fully saturated rings. The Morgan fingerprint density at radius 1 is 0.966 bits per heavy atom. The number of amides is 1. The van der Waals surface area contributed by atoms with Crippen LogP contribution in [0.4, 0.5) is 0 Å². The van der Waals surface area contributed by atoms with E-state index in [9.17, 15) is 18.0 Å². The zero-order valence-electron chi connectivity index (χ0n) is 16.4. The summed E-state index contributed by atoms with van der Waals surface area (Å²) in [7, 11) is -0.377. The maximum atomic E-state index is 12.6. The van der Waals surface area contributed by atoms with E-state index in [4.69, 9.17) is 4.74 Å². The Kier molecular flexibility index (Phi) is 6.34. The molecule has 154 valence electrons. The molecule has 0 radical (unpaired) electrons. The molecule has 0 aromatic heterocycles. The van der Waals surface area contributed by atoms with E-state index in [2.05, 4.69) is 0 Å². The SMILES string of the molecule is CN(C)C(=O)C(OC(=O)c1ccc(S(=O)(=O)N2CCCC2)cc1)c1ccccc1. The second kappa shape index (κ2) is 8.75. The van der Waals surface area contributed by atoms with Gasteiger partial charge in [-0.25, -0.2) is 13.2 Å². The van der Waals surface area contributed by atoms with Gasteiger partial charge in [0.15, 0.2) is 0 Å². The van der Waals surface area contributed by atoms with E-state index < -0.39 is 22.1 Å². The first-order valence-corrected chi connectivity index (χ1v) is 10.8. The Balaban J connectivity index is 1.79. The highest BCUT2D eigenvalue weighted by atomic mass is 32.2. The summed E-state index contributed by atoms with van der Waals surface area (Å²) >= 11 is 0. The molecule has 0 saturated carbocycles. The second-order valence-electron chi connectivity index (χ2n) is 7.06. The number of carbonyl (C=O) groups excluding carboxylic acids is 2. The zero-order chi connectivity index (χ0) is 21.0. The summed E-state index contributed by atoms with van der Waals surface area (Å²) in [6, 6.07) is 14.4. The van der Waals surface area contributed by atoms with Crippen LogP contribution in [0.1, 0.15) is 34.9 Å². The molecule has 1 heterocycles. The van der Waals surface area contributed by atoms with Crippen molar-refractivity contribution in [2.24, 2.45) is 0 Å². The molecule has 0 bridgehead atoms. The molecule has 0 aliphatic carbocycles. The molecule has 1 atom stereocenters. The van der Waals surface area contributed by atoms with Gasteiger partial charge in [0.25, 0.3) is 5.91 Å². The molecule has 8 heteroatoms. The van der Waals surface area contributed by atoms with Gasteiger partial charge in [-0.15, -0.1) is 0 Å². The molecule has 2 aromatic rings. The van der Waals surface area contributed by atoms with Crippen LogP contribution in [0.25, 0.3) is 0 Å². The van der Waals surface area contributed by atoms with Gasteiger partial charge in [0, 0.05) is 32.7 Å². The molecular weight excluding hydrogens is 392 g/mol. The summed E-state index contributed by atoms with van der Waals surface area (Å²) in [6.07, 6.45) is 0.626. The number of rotatable bonds is 6. The summed E-state index contributed by atoms with van der Waals surface area (Å²) in [5, 5.41) is 0. The summed E-state index contributed by atoms with van der Waals surface area (Å²) in [5.74, 6) is -1.06. The zero-order valence-corrected chi connectivity index (χ0v) is 17.3. The van der Waals surface area contributed by atoms with Crippen LogP contribution in [0.3, 0.4) is 0 Å². The largest absolute Gasteiger partial charge is 0.444 e. The van der Waals surface area contributed by atoms with E-state index in [0.717, 1.165) is 12.8 Å². The number of ether oxygens (including phenoxy) is 1. The van der Waals surface area contributed by atoms with Crippen LogP contribution in [0, 0.1) is 0 Å². The maximum Gasteiger partial charge on any atom is 0.339 e. The smallest absolute Gasteiger partial charge is 0.339 e. The Hall–Kier alpha value is -2.71. The minimum absolute atomic E-state index is 0.139. The molecular formula is C21H24N2O5S. The van der Waals surface area contributed by atoms with Crippen molar-refractivity contribution < 1.29 is 22.7 Å². The fourth-order valence-corrected chi connectivity index (χ4v) is 4.66. The number of carbonyl (C=O) groups is 2. The van der Waals surface area contributed by atoms with E-state index >= 15 is 0 Å². The third-order valence-corrected chi connectivity index (χ3v) is 6.70. The Morgan fingerprint density at radius 2 is 1.55 bits per heavy atom. The first-order chi connectivity index (χ1) is 13.8. The average molecular weight is 416 g/mol. The van der Waals surface area contributed by atoms with E-state index in [0.29, 0.717) is 18.7 Å². The topological polar surface area (TPSA) is 84.0 Å². The predicted molar refractivity (Wildman–Crippen MR) is 108 cm³/mol. The van der Waals surface area contributed by atoms with Gasteiger partial charge in [-0.3, -0.25) is 4.79 Å². The lowest BCUT2D eigenvalue weighted by atomic mass is 10.1. The normalized spacial score (nSPS) is 15.7. The Labute approximate surface area is 170 Å². The van der Waals surface area contributed by atoms with E-state index in [1.807, 2.05) is 6.07 Å². The van der Waals surface area contributed by atoms with Crippen LogP contribution in [-0.4, -0.2) is 56.7 Å². The highest BCUT2D eigenvalue weighted by Crippen LogP contribution is 2.24. The molecule has 1 aliphatic heterocycles. The molecule has 0 N–H and O–H groups in total. The first kappa shape index (κ1) is 21.0. The first-order valence-electron chi connectivity index (χ1n) is 9.38. The highest BCUT2D eigenvalue weighted by molar-refractivity contribution is 7.89. The van der Waals surface area contributed by atoms with Crippen LogP contribution in [-0.2, 0) is 19.6 Å². The van der Waals surface area contributed by atoms with Crippen molar-refractivity contribution in [2.45, 2.75) is 23.8 Å². The van der Waals surface area contributed by atoms with E-state index in [1.54, 1.807) is 38.4 Å². The molecule has 0 spiro atoms. The lowest BCUT2D eigenvalue weighted by Crippen LogP contribution is -2.31.